The summed E-state index contributed by atoms with van der Waals surface area (Å²) in [5.41, 5.74) is -2.01. The normalized spacial score (nSPS) is 19.6. The highest BCUT2D eigenvalue weighted by Crippen LogP contribution is 2.50. The average molecular weight is 883 g/mol. The molecular formula is C32H38N2O17S5. The fourth-order valence-corrected chi connectivity index (χ4v) is 10.5. The van der Waals surface area contributed by atoms with E-state index in [-0.39, 0.29) is 66.4 Å². The number of ether oxygens (including phenoxy) is 1. The summed E-state index contributed by atoms with van der Waals surface area (Å²) in [6.45, 7) is 4.33. The van der Waals surface area contributed by atoms with E-state index in [1.165, 1.54) is 78.8 Å². The van der Waals surface area contributed by atoms with E-state index in [0.29, 0.717) is 11.8 Å². The molecule has 0 saturated carbocycles. The number of allylic oxidation sites excluding steroid dienone is 6. The molecule has 308 valence electrons. The molecule has 2 aromatic rings. The zero-order valence-corrected chi connectivity index (χ0v) is 33.9. The fraction of sp³-hybridized carbons (Fsp3) is 0.375. The van der Waals surface area contributed by atoms with E-state index < -0.39 is 88.5 Å². The van der Waals surface area contributed by atoms with Gasteiger partial charge in [0, 0.05) is 42.2 Å². The number of nitrogens with zero attached hydrogens (tertiary/aromatic N) is 2. The minimum Gasteiger partial charge on any atom is -0.748 e. The van der Waals surface area contributed by atoms with Crippen molar-refractivity contribution in [1.29, 1.82) is 0 Å². The second-order valence-corrected chi connectivity index (χ2v) is 20.9. The zero-order valence-electron chi connectivity index (χ0n) is 29.8. The third-order valence-corrected chi connectivity index (χ3v) is 13.4. The number of hydrogen-bond acceptors (Lipinski definition) is 14. The number of rotatable bonds is 17. The highest BCUT2D eigenvalue weighted by Gasteiger charge is 2.49. The van der Waals surface area contributed by atoms with Crippen molar-refractivity contribution in [1.82, 2.24) is 0 Å². The molecule has 4 N–H and O–H groups in total. The van der Waals surface area contributed by atoms with E-state index in [1.807, 2.05) is 0 Å². The Morgan fingerprint density at radius 2 is 1.48 bits per heavy atom. The molecule has 2 heterocycles. The van der Waals surface area contributed by atoms with Gasteiger partial charge >= 0.3 is 0 Å². The Balaban J connectivity index is 1.87. The average Bonchev–Trinajstić information content (AvgIpc) is 3.36. The van der Waals surface area contributed by atoms with Crippen LogP contribution in [-0.2, 0) is 66.2 Å². The first-order valence-corrected chi connectivity index (χ1v) is 23.9. The molecule has 0 amide bonds. The molecule has 1 atom stereocenters. The smallest absolute Gasteiger partial charge is 0.298 e. The van der Waals surface area contributed by atoms with Crippen LogP contribution in [0.25, 0.3) is 0 Å². The second kappa shape index (κ2) is 15.8. The highest BCUT2D eigenvalue weighted by molar-refractivity contribution is 7.87. The molecule has 2 aromatic carbocycles. The van der Waals surface area contributed by atoms with Crippen LogP contribution >= 0.6 is 0 Å². The number of carbonyl (C=O) groups is 1. The van der Waals surface area contributed by atoms with Gasteiger partial charge in [0.2, 0.25) is 5.69 Å². The monoisotopic (exact) mass is 882 g/mol. The lowest BCUT2D eigenvalue weighted by molar-refractivity contribution is -0.437. The Labute approximate surface area is 324 Å². The number of fused-ring (bicyclic) bond motifs is 2. The second-order valence-electron chi connectivity index (χ2n) is 13.6. The van der Waals surface area contributed by atoms with Gasteiger partial charge in [-0.05, 0) is 63.1 Å². The van der Waals surface area contributed by atoms with E-state index in [0.717, 1.165) is 6.07 Å². The SMILES string of the molecule is CC1(C)C(/C=C/C=C/C=C2/N(CCCS(=O)(=O)[O-])c3ccc(OC=O)cc3C2(C)CS(=O)(=O)O)=[N+](CCCS(=O)(=O)O)c2cc(S(=O)(=O)O)cc(S(=O)(=O)O)c21. The summed E-state index contributed by atoms with van der Waals surface area (Å²) >= 11 is 0. The molecule has 0 aromatic heterocycles. The first-order chi connectivity index (χ1) is 25.5. The molecule has 0 fully saturated rings. The Morgan fingerprint density at radius 1 is 0.821 bits per heavy atom. The lowest BCUT2D eigenvalue weighted by atomic mass is 9.81. The van der Waals surface area contributed by atoms with Gasteiger partial charge in [-0.25, -0.2) is 8.42 Å². The van der Waals surface area contributed by atoms with Gasteiger partial charge in [0.1, 0.15) is 22.1 Å². The molecule has 2 aliphatic heterocycles. The quantitative estimate of drug-likeness (QED) is 0.0764. The van der Waals surface area contributed by atoms with Crippen molar-refractivity contribution in [2.45, 2.75) is 54.2 Å². The predicted octanol–water partition coefficient (Wildman–Crippen LogP) is 1.97. The van der Waals surface area contributed by atoms with Crippen LogP contribution in [0.2, 0.25) is 0 Å². The van der Waals surface area contributed by atoms with Crippen LogP contribution in [0, 0.1) is 0 Å². The molecule has 2 aliphatic rings. The minimum atomic E-state index is -5.12. The molecule has 0 saturated heterocycles. The zero-order chi connectivity index (χ0) is 42.3. The summed E-state index contributed by atoms with van der Waals surface area (Å²) in [7, 11) is -24.0. The van der Waals surface area contributed by atoms with Gasteiger partial charge in [0.05, 0.1) is 38.0 Å². The van der Waals surface area contributed by atoms with E-state index in [9.17, 15) is 69.6 Å². The summed E-state index contributed by atoms with van der Waals surface area (Å²) in [6, 6.07) is 5.77. The standard InChI is InChI=1S/C32H38N2O17S5/c1-31(2)28(34(14-8-16-53(39,40)41)26-18-23(55(45,46)47)19-27(30(26)31)56(48,49)50)9-5-4-6-10-29-32(3,20-54(42,43)44)24-17-22(51-21-35)11-12-25(24)33(29)13-7-15-52(36,37)38/h4-6,9-12,17-19,21H,7-8,13-16,20H2,1-3H3,(H4-,36,37,38,39,40,41,42,43,44,45,46,47,48,49,50). The van der Waals surface area contributed by atoms with Gasteiger partial charge in [-0.3, -0.25) is 23.0 Å². The third-order valence-electron chi connectivity index (χ3n) is 9.13. The number of hydrogen-bond donors (Lipinski definition) is 4. The molecule has 19 nitrogen and oxygen atoms in total. The molecule has 56 heavy (non-hydrogen) atoms. The maximum Gasteiger partial charge on any atom is 0.298 e. The van der Waals surface area contributed by atoms with Crippen LogP contribution in [0.15, 0.2) is 76.2 Å². The van der Waals surface area contributed by atoms with Gasteiger partial charge in [-0.15, -0.1) is 0 Å². The van der Waals surface area contributed by atoms with Crippen molar-refractivity contribution in [3.05, 3.63) is 77.5 Å². The fourth-order valence-electron chi connectivity index (χ4n) is 6.98. The first kappa shape index (κ1) is 44.9. The van der Waals surface area contributed by atoms with E-state index >= 15 is 0 Å². The molecule has 24 heteroatoms. The lowest BCUT2D eigenvalue weighted by Crippen LogP contribution is -2.35. The van der Waals surface area contributed by atoms with E-state index in [4.69, 9.17) is 4.74 Å². The summed E-state index contributed by atoms with van der Waals surface area (Å²) in [5, 5.41) is 0. The molecular weight excluding hydrogens is 845 g/mol. The first-order valence-electron chi connectivity index (χ1n) is 16.2. The van der Waals surface area contributed by atoms with Crippen LogP contribution in [-0.4, -0.2) is 112 Å². The van der Waals surface area contributed by atoms with Gasteiger partial charge < -0.3 is 14.2 Å². The Hall–Kier alpha value is -3.85. The third kappa shape index (κ3) is 10.4. The van der Waals surface area contributed by atoms with Crippen molar-refractivity contribution in [2.75, 3.05) is 35.2 Å². The molecule has 0 spiro atoms. The van der Waals surface area contributed by atoms with Gasteiger partial charge in [-0.2, -0.15) is 38.2 Å². The van der Waals surface area contributed by atoms with Crippen molar-refractivity contribution in [3.63, 3.8) is 0 Å². The largest absolute Gasteiger partial charge is 0.748 e. The van der Waals surface area contributed by atoms with Crippen molar-refractivity contribution in [3.8, 4) is 5.75 Å². The maximum atomic E-state index is 12.5. The molecule has 0 radical (unpaired) electrons. The van der Waals surface area contributed by atoms with Crippen molar-refractivity contribution >= 4 is 74.1 Å². The summed E-state index contributed by atoms with van der Waals surface area (Å²) in [6.07, 6.45) is 6.75. The van der Waals surface area contributed by atoms with Gasteiger partial charge in [0.15, 0.2) is 5.71 Å². The summed E-state index contributed by atoms with van der Waals surface area (Å²) < 4.78 is 177. The van der Waals surface area contributed by atoms with E-state index in [1.54, 1.807) is 0 Å². The Bertz CT molecular complexity index is 2630. The Morgan fingerprint density at radius 3 is 2.04 bits per heavy atom. The molecule has 1 unspecified atom stereocenters. The van der Waals surface area contributed by atoms with Gasteiger partial charge in [0.25, 0.3) is 46.9 Å². The van der Waals surface area contributed by atoms with Crippen LogP contribution in [0.5, 0.6) is 5.75 Å². The summed E-state index contributed by atoms with van der Waals surface area (Å²) in [4.78, 5) is 10.9. The van der Waals surface area contributed by atoms with Crippen LogP contribution in [0.4, 0.5) is 11.4 Å². The summed E-state index contributed by atoms with van der Waals surface area (Å²) in [5.74, 6) is -2.35. The van der Waals surface area contributed by atoms with Crippen molar-refractivity contribution in [2.24, 2.45) is 0 Å². The molecule has 0 bridgehead atoms. The number of anilines is 1. The van der Waals surface area contributed by atoms with Gasteiger partial charge in [-0.1, -0.05) is 18.2 Å². The number of carbonyl (C=O) groups excluding carboxylic acids is 1. The van der Waals surface area contributed by atoms with Crippen LogP contribution in [0.3, 0.4) is 0 Å². The van der Waals surface area contributed by atoms with Crippen LogP contribution in [0.1, 0.15) is 44.7 Å². The van der Waals surface area contributed by atoms with E-state index in [2.05, 4.69) is 0 Å². The lowest BCUT2D eigenvalue weighted by Gasteiger charge is -2.29. The predicted molar refractivity (Wildman–Crippen MR) is 200 cm³/mol. The molecule has 0 aliphatic carbocycles. The highest BCUT2D eigenvalue weighted by atomic mass is 32.2. The number of benzene rings is 2. The minimum absolute atomic E-state index is 0.0290. The van der Waals surface area contributed by atoms with Crippen LogP contribution < -0.4 is 9.64 Å². The Kier molecular flexibility index (Phi) is 12.7. The molecule has 4 rings (SSSR count). The topological polar surface area (TPSA) is 307 Å². The maximum absolute atomic E-state index is 12.5. The van der Waals surface area contributed by atoms with Crippen molar-refractivity contribution < 1.29 is 79.0 Å².